The fourth-order valence-electron chi connectivity index (χ4n) is 0.857. The molecule has 38 valence electrons. The summed E-state index contributed by atoms with van der Waals surface area (Å²) in [5.41, 5.74) is 3.02. The molecule has 0 heteroatoms. The van der Waals surface area contributed by atoms with Gasteiger partial charge < -0.3 is 0 Å². The van der Waals surface area contributed by atoms with Crippen LogP contribution >= 0.6 is 0 Å². The van der Waals surface area contributed by atoms with Crippen LogP contribution in [-0.4, -0.2) is 0 Å². The summed E-state index contributed by atoms with van der Waals surface area (Å²) >= 11 is 0. The molecular formula is C7H10. The predicted molar refractivity (Wildman–Crippen MR) is 32.1 cm³/mol. The Morgan fingerprint density at radius 1 is 1.43 bits per heavy atom. The largest absolute Gasteiger partial charge is 0.102 e. The van der Waals surface area contributed by atoms with Crippen LogP contribution < -0.4 is 0 Å². The molecule has 0 amide bonds. The normalized spacial score (nSPS) is 20.3. The molecular weight excluding hydrogens is 84.1 g/mol. The van der Waals surface area contributed by atoms with Gasteiger partial charge in [0.1, 0.15) is 0 Å². The van der Waals surface area contributed by atoms with E-state index in [4.69, 9.17) is 0 Å². The van der Waals surface area contributed by atoms with Gasteiger partial charge in [-0.15, -0.1) is 6.58 Å². The van der Waals surface area contributed by atoms with Crippen LogP contribution in [0.15, 0.2) is 23.8 Å². The van der Waals surface area contributed by atoms with Crippen LogP contribution in [0.2, 0.25) is 0 Å². The van der Waals surface area contributed by atoms with Gasteiger partial charge >= 0.3 is 0 Å². The Kier molecular flexibility index (Phi) is 0.810. The molecule has 0 aliphatic heterocycles. The molecule has 0 aromatic carbocycles. The van der Waals surface area contributed by atoms with E-state index in [0.29, 0.717) is 5.92 Å². The van der Waals surface area contributed by atoms with Gasteiger partial charge in [-0.1, -0.05) is 17.2 Å². The smallest absolute Gasteiger partial charge is 0.0184 e. The summed E-state index contributed by atoms with van der Waals surface area (Å²) in [4.78, 5) is 0. The Balaban J connectivity index is 2.52. The van der Waals surface area contributed by atoms with Gasteiger partial charge in [0.2, 0.25) is 0 Å². The molecule has 0 aromatic heterocycles. The third kappa shape index (κ3) is 0.504. The lowest BCUT2D eigenvalue weighted by molar-refractivity contribution is 1.13. The number of hydrogen-bond acceptors (Lipinski definition) is 0. The first-order valence-electron chi connectivity index (χ1n) is 2.57. The van der Waals surface area contributed by atoms with E-state index in [-0.39, 0.29) is 0 Å². The van der Waals surface area contributed by atoms with Gasteiger partial charge in [-0.25, -0.2) is 0 Å². The Hall–Kier alpha value is -0.520. The zero-order chi connectivity index (χ0) is 5.44. The minimum Gasteiger partial charge on any atom is -0.102 e. The second kappa shape index (κ2) is 1.22. The van der Waals surface area contributed by atoms with E-state index < -0.39 is 0 Å². The van der Waals surface area contributed by atoms with Gasteiger partial charge in [-0.05, 0) is 13.8 Å². The van der Waals surface area contributed by atoms with Gasteiger partial charge in [0.05, 0.1) is 0 Å². The maximum absolute atomic E-state index is 3.68. The van der Waals surface area contributed by atoms with Crippen molar-refractivity contribution in [2.45, 2.75) is 13.8 Å². The van der Waals surface area contributed by atoms with Crippen molar-refractivity contribution in [2.24, 2.45) is 5.92 Å². The van der Waals surface area contributed by atoms with E-state index in [0.717, 1.165) is 0 Å². The summed E-state index contributed by atoms with van der Waals surface area (Å²) in [6, 6.07) is 0. The minimum atomic E-state index is 0.667. The summed E-state index contributed by atoms with van der Waals surface area (Å²) in [5, 5.41) is 0. The van der Waals surface area contributed by atoms with Gasteiger partial charge in [0.25, 0.3) is 0 Å². The molecule has 0 radical (unpaired) electrons. The first-order chi connectivity index (χ1) is 3.27. The maximum atomic E-state index is 3.68. The molecule has 0 saturated heterocycles. The average molecular weight is 94.2 g/mol. The second-order valence-electron chi connectivity index (χ2n) is 2.08. The van der Waals surface area contributed by atoms with Crippen LogP contribution in [-0.2, 0) is 0 Å². The van der Waals surface area contributed by atoms with Crippen LogP contribution in [0, 0.1) is 5.92 Å². The van der Waals surface area contributed by atoms with Crippen molar-refractivity contribution < 1.29 is 0 Å². The van der Waals surface area contributed by atoms with Crippen LogP contribution in [0.4, 0.5) is 0 Å². The van der Waals surface area contributed by atoms with E-state index in [9.17, 15) is 0 Å². The monoisotopic (exact) mass is 94.1 g/mol. The van der Waals surface area contributed by atoms with Crippen molar-refractivity contribution in [2.75, 3.05) is 0 Å². The molecule has 7 heavy (non-hydrogen) atoms. The van der Waals surface area contributed by atoms with Crippen LogP contribution in [0.3, 0.4) is 0 Å². The topological polar surface area (TPSA) is 0 Å². The van der Waals surface area contributed by atoms with Crippen molar-refractivity contribution in [1.29, 1.82) is 0 Å². The Morgan fingerprint density at radius 3 is 1.86 bits per heavy atom. The molecule has 1 aliphatic rings. The lowest BCUT2D eigenvalue weighted by Crippen LogP contribution is -1.66. The molecule has 0 saturated carbocycles. The van der Waals surface area contributed by atoms with Crippen LogP contribution in [0.25, 0.3) is 0 Å². The van der Waals surface area contributed by atoms with Crippen molar-refractivity contribution in [3.63, 3.8) is 0 Å². The third-order valence-electron chi connectivity index (χ3n) is 1.71. The van der Waals surface area contributed by atoms with Crippen molar-refractivity contribution in [3.8, 4) is 0 Å². The molecule has 0 N–H and O–H groups in total. The standard InChI is InChI=1S/C7H10/c1-4-7-5(2)6(7)3/h4,7H,1H2,2-3H3. The Labute approximate surface area is 44.5 Å². The summed E-state index contributed by atoms with van der Waals surface area (Å²) in [6.07, 6.45) is 1.99. The third-order valence-corrected chi connectivity index (χ3v) is 1.71. The van der Waals surface area contributed by atoms with E-state index in [1.165, 1.54) is 11.1 Å². The first kappa shape index (κ1) is 4.63. The molecule has 0 aromatic rings. The molecule has 0 unspecified atom stereocenters. The molecule has 0 nitrogen and oxygen atoms in total. The molecule has 0 atom stereocenters. The predicted octanol–water partition coefficient (Wildman–Crippen LogP) is 2.14. The van der Waals surface area contributed by atoms with E-state index in [2.05, 4.69) is 20.4 Å². The lowest BCUT2D eigenvalue weighted by Gasteiger charge is -1.78. The fourth-order valence-corrected chi connectivity index (χ4v) is 0.857. The van der Waals surface area contributed by atoms with Gasteiger partial charge in [0.15, 0.2) is 0 Å². The molecule has 0 spiro atoms. The highest BCUT2D eigenvalue weighted by Gasteiger charge is 2.24. The molecule has 0 bridgehead atoms. The quantitative estimate of drug-likeness (QED) is 0.437. The van der Waals surface area contributed by atoms with Gasteiger partial charge in [-0.3, -0.25) is 0 Å². The molecule has 1 aliphatic carbocycles. The Morgan fingerprint density at radius 2 is 1.86 bits per heavy atom. The number of allylic oxidation sites excluding steroid dienone is 3. The summed E-state index contributed by atoms with van der Waals surface area (Å²) in [5.74, 6) is 0.667. The molecule has 0 heterocycles. The van der Waals surface area contributed by atoms with Crippen molar-refractivity contribution in [3.05, 3.63) is 23.8 Å². The van der Waals surface area contributed by atoms with Crippen molar-refractivity contribution >= 4 is 0 Å². The minimum absolute atomic E-state index is 0.667. The lowest BCUT2D eigenvalue weighted by atomic mass is 10.3. The highest BCUT2D eigenvalue weighted by atomic mass is 14.3. The highest BCUT2D eigenvalue weighted by molar-refractivity contribution is 5.41. The van der Waals surface area contributed by atoms with Gasteiger partial charge in [-0.2, -0.15) is 0 Å². The zero-order valence-electron chi connectivity index (χ0n) is 4.86. The van der Waals surface area contributed by atoms with Crippen LogP contribution in [0.5, 0.6) is 0 Å². The molecule has 1 rings (SSSR count). The SMILES string of the molecule is C=CC1C(C)=C1C. The number of hydrogen-bond donors (Lipinski definition) is 0. The van der Waals surface area contributed by atoms with Gasteiger partial charge in [0, 0.05) is 5.92 Å². The number of rotatable bonds is 1. The zero-order valence-corrected chi connectivity index (χ0v) is 4.86. The van der Waals surface area contributed by atoms with Crippen LogP contribution in [0.1, 0.15) is 13.8 Å². The van der Waals surface area contributed by atoms with Crippen molar-refractivity contribution in [1.82, 2.24) is 0 Å². The Bertz CT molecular complexity index is 117. The summed E-state index contributed by atoms with van der Waals surface area (Å²) < 4.78 is 0. The molecule has 0 fully saturated rings. The van der Waals surface area contributed by atoms with E-state index in [1.807, 2.05) is 6.08 Å². The van der Waals surface area contributed by atoms with E-state index >= 15 is 0 Å². The maximum Gasteiger partial charge on any atom is 0.0184 e. The highest BCUT2D eigenvalue weighted by Crippen LogP contribution is 2.38. The summed E-state index contributed by atoms with van der Waals surface area (Å²) in [6.45, 7) is 7.99. The summed E-state index contributed by atoms with van der Waals surface area (Å²) in [7, 11) is 0. The average Bonchev–Trinajstić information content (AvgIpc) is 2.17. The van der Waals surface area contributed by atoms with E-state index in [1.54, 1.807) is 0 Å². The fraction of sp³-hybridized carbons (Fsp3) is 0.429. The second-order valence-corrected chi connectivity index (χ2v) is 2.08. The first-order valence-corrected chi connectivity index (χ1v) is 2.57.